The van der Waals surface area contributed by atoms with Crippen LogP contribution in [0.15, 0.2) is 28.7 Å². The van der Waals surface area contributed by atoms with Crippen molar-refractivity contribution < 1.29 is 13.9 Å². The Morgan fingerprint density at radius 1 is 1.57 bits per heavy atom. The molecule has 0 bridgehead atoms. The first-order chi connectivity index (χ1) is 6.63. The van der Waals surface area contributed by atoms with Gasteiger partial charge in [0.1, 0.15) is 5.82 Å². The molecule has 0 aliphatic rings. The molecular formula is C10H8BrFO2. The number of hydrogen-bond donors (Lipinski definition) is 0. The second kappa shape index (κ2) is 4.91. The van der Waals surface area contributed by atoms with E-state index in [-0.39, 0.29) is 5.82 Å². The average Bonchev–Trinajstić information content (AvgIpc) is 2.16. The van der Waals surface area contributed by atoms with Crippen molar-refractivity contribution in [3.8, 4) is 0 Å². The molecule has 14 heavy (non-hydrogen) atoms. The maximum absolute atomic E-state index is 12.7. The van der Waals surface area contributed by atoms with Gasteiger partial charge in [0, 0.05) is 10.5 Å². The molecule has 0 saturated heterocycles. The van der Waals surface area contributed by atoms with Gasteiger partial charge in [-0.2, -0.15) is 0 Å². The molecule has 0 aliphatic heterocycles. The standard InChI is InChI=1S/C10H8BrFO2/c1-14-10(13)5-3-7-2-4-8(12)6-9(7)11/h2-6H,1H3/b5-3+. The SMILES string of the molecule is COC(=O)/C=C/c1ccc(F)cc1Br. The Labute approximate surface area is 89.5 Å². The fourth-order valence-electron chi connectivity index (χ4n) is 0.863. The lowest BCUT2D eigenvalue weighted by molar-refractivity contribution is -0.134. The van der Waals surface area contributed by atoms with E-state index in [1.54, 1.807) is 12.1 Å². The monoisotopic (exact) mass is 258 g/mol. The first-order valence-electron chi connectivity index (χ1n) is 3.84. The molecule has 1 aromatic rings. The molecule has 1 rings (SSSR count). The molecule has 0 fully saturated rings. The summed E-state index contributed by atoms with van der Waals surface area (Å²) in [6.07, 6.45) is 2.83. The first kappa shape index (κ1) is 10.9. The summed E-state index contributed by atoms with van der Waals surface area (Å²) in [6.45, 7) is 0. The third-order valence-corrected chi connectivity index (χ3v) is 2.25. The van der Waals surface area contributed by atoms with Crippen LogP contribution >= 0.6 is 15.9 Å². The molecule has 0 aromatic heterocycles. The largest absolute Gasteiger partial charge is 0.466 e. The molecular weight excluding hydrogens is 251 g/mol. The fraction of sp³-hybridized carbons (Fsp3) is 0.100. The minimum Gasteiger partial charge on any atom is -0.466 e. The Hall–Kier alpha value is -1.16. The van der Waals surface area contributed by atoms with Gasteiger partial charge in [-0.15, -0.1) is 0 Å². The van der Waals surface area contributed by atoms with Crippen LogP contribution in [0.25, 0.3) is 6.08 Å². The maximum atomic E-state index is 12.7. The molecule has 1 aromatic carbocycles. The van der Waals surface area contributed by atoms with Crippen LogP contribution in [0.3, 0.4) is 0 Å². The van der Waals surface area contributed by atoms with Crippen molar-refractivity contribution >= 4 is 28.0 Å². The van der Waals surface area contributed by atoms with Crippen LogP contribution in [0.4, 0.5) is 4.39 Å². The molecule has 0 spiro atoms. The van der Waals surface area contributed by atoms with Crippen molar-refractivity contribution in [2.24, 2.45) is 0 Å². The fourth-order valence-corrected chi connectivity index (χ4v) is 1.35. The molecule has 0 amide bonds. The van der Waals surface area contributed by atoms with Crippen molar-refractivity contribution in [1.82, 2.24) is 0 Å². The van der Waals surface area contributed by atoms with Crippen LogP contribution in [0.2, 0.25) is 0 Å². The van der Waals surface area contributed by atoms with Crippen LogP contribution in [-0.2, 0) is 9.53 Å². The van der Waals surface area contributed by atoms with Gasteiger partial charge in [0.25, 0.3) is 0 Å². The zero-order valence-electron chi connectivity index (χ0n) is 7.46. The molecule has 74 valence electrons. The number of esters is 1. The van der Waals surface area contributed by atoms with Crippen molar-refractivity contribution in [1.29, 1.82) is 0 Å². The van der Waals surface area contributed by atoms with Crippen LogP contribution in [0.1, 0.15) is 5.56 Å². The van der Waals surface area contributed by atoms with Crippen molar-refractivity contribution in [3.05, 3.63) is 40.1 Å². The second-order valence-electron chi connectivity index (χ2n) is 2.52. The lowest BCUT2D eigenvalue weighted by Gasteiger charge is -1.97. The van der Waals surface area contributed by atoms with Gasteiger partial charge in [0.05, 0.1) is 7.11 Å². The van der Waals surface area contributed by atoms with E-state index >= 15 is 0 Å². The molecule has 0 heterocycles. The Kier molecular flexibility index (Phi) is 3.83. The summed E-state index contributed by atoms with van der Waals surface area (Å²) in [7, 11) is 1.30. The molecule has 0 atom stereocenters. The van der Waals surface area contributed by atoms with Gasteiger partial charge >= 0.3 is 5.97 Å². The Morgan fingerprint density at radius 2 is 2.29 bits per heavy atom. The Morgan fingerprint density at radius 3 is 2.86 bits per heavy atom. The predicted molar refractivity (Wildman–Crippen MR) is 55.2 cm³/mol. The van der Waals surface area contributed by atoms with Crippen molar-refractivity contribution in [2.45, 2.75) is 0 Å². The second-order valence-corrected chi connectivity index (χ2v) is 3.38. The van der Waals surface area contributed by atoms with Gasteiger partial charge in [0.2, 0.25) is 0 Å². The van der Waals surface area contributed by atoms with Gasteiger partial charge in [-0.3, -0.25) is 0 Å². The van der Waals surface area contributed by atoms with Crippen LogP contribution in [-0.4, -0.2) is 13.1 Å². The molecule has 2 nitrogen and oxygen atoms in total. The third-order valence-electron chi connectivity index (χ3n) is 1.56. The van der Waals surface area contributed by atoms with Gasteiger partial charge < -0.3 is 4.74 Å². The van der Waals surface area contributed by atoms with Gasteiger partial charge in [0.15, 0.2) is 0 Å². The van der Waals surface area contributed by atoms with Crippen molar-refractivity contribution in [2.75, 3.05) is 7.11 Å². The number of halogens is 2. The van der Waals surface area contributed by atoms with Gasteiger partial charge in [-0.25, -0.2) is 9.18 Å². The molecule has 0 radical (unpaired) electrons. The van der Waals surface area contributed by atoms with Gasteiger partial charge in [-0.1, -0.05) is 22.0 Å². The number of methoxy groups -OCH3 is 1. The van der Waals surface area contributed by atoms with Crippen molar-refractivity contribution in [3.63, 3.8) is 0 Å². The quantitative estimate of drug-likeness (QED) is 0.603. The minimum absolute atomic E-state index is 0.327. The van der Waals surface area contributed by atoms with E-state index in [0.717, 1.165) is 5.56 Å². The highest BCUT2D eigenvalue weighted by Crippen LogP contribution is 2.19. The molecule has 0 saturated carbocycles. The molecule has 0 N–H and O–H groups in total. The van der Waals surface area contributed by atoms with E-state index in [9.17, 15) is 9.18 Å². The summed E-state index contributed by atoms with van der Waals surface area (Å²) in [6, 6.07) is 4.22. The predicted octanol–water partition coefficient (Wildman–Crippen LogP) is 2.77. The van der Waals surface area contributed by atoms with Crippen LogP contribution in [0, 0.1) is 5.82 Å². The van der Waals surface area contributed by atoms with Gasteiger partial charge in [-0.05, 0) is 23.8 Å². The van der Waals surface area contributed by atoms with E-state index in [4.69, 9.17) is 0 Å². The highest BCUT2D eigenvalue weighted by Gasteiger charge is 1.98. The summed E-state index contributed by atoms with van der Waals surface area (Å²) in [4.78, 5) is 10.8. The van der Waals surface area contributed by atoms with E-state index in [1.165, 1.54) is 25.3 Å². The van der Waals surface area contributed by atoms with E-state index in [2.05, 4.69) is 20.7 Å². The number of benzene rings is 1. The third kappa shape index (κ3) is 2.96. The van der Waals surface area contributed by atoms with Crippen LogP contribution in [0.5, 0.6) is 0 Å². The van der Waals surface area contributed by atoms with Crippen LogP contribution < -0.4 is 0 Å². The summed E-state index contributed by atoms with van der Waals surface area (Å²) < 4.78 is 17.7. The lowest BCUT2D eigenvalue weighted by atomic mass is 10.2. The highest BCUT2D eigenvalue weighted by atomic mass is 79.9. The molecule has 0 aliphatic carbocycles. The topological polar surface area (TPSA) is 26.3 Å². The molecule has 4 heteroatoms. The lowest BCUT2D eigenvalue weighted by Crippen LogP contribution is -1.93. The first-order valence-corrected chi connectivity index (χ1v) is 4.64. The maximum Gasteiger partial charge on any atom is 0.330 e. The summed E-state index contributed by atoms with van der Waals surface area (Å²) in [5.41, 5.74) is 0.719. The Bertz CT molecular complexity index is 374. The highest BCUT2D eigenvalue weighted by molar-refractivity contribution is 9.10. The normalized spacial score (nSPS) is 10.5. The summed E-state index contributed by atoms with van der Waals surface area (Å²) in [5, 5.41) is 0. The minimum atomic E-state index is -0.443. The average molecular weight is 259 g/mol. The van der Waals surface area contributed by atoms with E-state index in [1.807, 2.05) is 0 Å². The molecule has 0 unspecified atom stereocenters. The number of ether oxygens (including phenoxy) is 1. The Balaban J connectivity index is 2.87. The summed E-state index contributed by atoms with van der Waals surface area (Å²) >= 11 is 3.18. The summed E-state index contributed by atoms with van der Waals surface area (Å²) in [5.74, 6) is -0.770. The number of hydrogen-bond acceptors (Lipinski definition) is 2. The van der Waals surface area contributed by atoms with E-state index in [0.29, 0.717) is 4.47 Å². The van der Waals surface area contributed by atoms with E-state index < -0.39 is 5.97 Å². The zero-order valence-corrected chi connectivity index (χ0v) is 9.05. The number of carbonyl (C=O) groups excluding carboxylic acids is 1. The smallest absolute Gasteiger partial charge is 0.330 e. The number of carbonyl (C=O) groups is 1. The zero-order chi connectivity index (χ0) is 10.6. The number of rotatable bonds is 2.